The first-order valence-electron chi connectivity index (χ1n) is 9.27. The number of urea groups is 1. The number of para-hydroxylation sites is 2. The molecule has 2 heterocycles. The lowest BCUT2D eigenvalue weighted by molar-refractivity contribution is 0.178. The molecule has 0 aromatic heterocycles. The van der Waals surface area contributed by atoms with Gasteiger partial charge in [0.2, 0.25) is 10.0 Å². The Bertz CT molecular complexity index is 732. The van der Waals surface area contributed by atoms with Crippen molar-refractivity contribution in [3.05, 3.63) is 24.3 Å². The number of hydrogen-bond acceptors (Lipinski definition) is 4. The maximum Gasteiger partial charge on any atom is 0.321 e. The molecule has 8 heteroatoms. The van der Waals surface area contributed by atoms with Crippen LogP contribution in [0.3, 0.4) is 0 Å². The maximum absolute atomic E-state index is 12.7. The van der Waals surface area contributed by atoms with Gasteiger partial charge in [0.05, 0.1) is 17.6 Å². The molecule has 0 unspecified atom stereocenters. The number of anilines is 2. The molecule has 26 heavy (non-hydrogen) atoms. The van der Waals surface area contributed by atoms with E-state index < -0.39 is 10.0 Å². The van der Waals surface area contributed by atoms with E-state index in [1.807, 2.05) is 18.2 Å². The van der Waals surface area contributed by atoms with Crippen LogP contribution in [0.5, 0.6) is 0 Å². The van der Waals surface area contributed by atoms with Crippen molar-refractivity contribution >= 4 is 27.4 Å². The van der Waals surface area contributed by atoms with Crippen molar-refractivity contribution in [2.45, 2.75) is 25.7 Å². The highest BCUT2D eigenvalue weighted by molar-refractivity contribution is 7.88. The zero-order valence-corrected chi connectivity index (χ0v) is 16.1. The van der Waals surface area contributed by atoms with Gasteiger partial charge in [-0.15, -0.1) is 0 Å². The predicted molar refractivity (Wildman–Crippen MR) is 104 cm³/mol. The first kappa shape index (κ1) is 19.0. The Morgan fingerprint density at radius 1 is 1.15 bits per heavy atom. The predicted octanol–water partition coefficient (Wildman–Crippen LogP) is 2.08. The molecule has 1 aromatic carbocycles. The third-order valence-corrected chi connectivity index (χ3v) is 5.72. The van der Waals surface area contributed by atoms with E-state index >= 15 is 0 Å². The molecule has 0 saturated carbocycles. The minimum atomic E-state index is -3.20. The van der Waals surface area contributed by atoms with Crippen LogP contribution in [0.4, 0.5) is 16.2 Å². The molecular weight excluding hydrogens is 352 g/mol. The topological polar surface area (TPSA) is 81.8 Å². The summed E-state index contributed by atoms with van der Waals surface area (Å²) in [5.41, 5.74) is 1.92. The summed E-state index contributed by atoms with van der Waals surface area (Å²) in [4.78, 5) is 16.8. The van der Waals surface area contributed by atoms with Gasteiger partial charge in [0.1, 0.15) is 0 Å². The van der Waals surface area contributed by atoms with Crippen LogP contribution in [0, 0.1) is 5.92 Å². The highest BCUT2D eigenvalue weighted by atomic mass is 32.2. The molecule has 144 valence electrons. The van der Waals surface area contributed by atoms with Crippen molar-refractivity contribution in [1.29, 1.82) is 0 Å². The number of nitrogens with zero attached hydrogens (tertiary/aromatic N) is 2. The molecule has 2 fully saturated rings. The minimum Gasteiger partial charge on any atom is -0.370 e. The zero-order chi connectivity index (χ0) is 18.6. The van der Waals surface area contributed by atoms with E-state index in [0.29, 0.717) is 19.6 Å². The van der Waals surface area contributed by atoms with Crippen LogP contribution in [0.15, 0.2) is 24.3 Å². The van der Waals surface area contributed by atoms with Gasteiger partial charge in [-0.3, -0.25) is 0 Å². The lowest BCUT2D eigenvalue weighted by Crippen LogP contribution is -2.45. The van der Waals surface area contributed by atoms with Crippen molar-refractivity contribution in [1.82, 2.24) is 9.62 Å². The highest BCUT2D eigenvalue weighted by Crippen LogP contribution is 2.29. The first-order chi connectivity index (χ1) is 12.4. The molecule has 2 aliphatic rings. The van der Waals surface area contributed by atoms with Crippen LogP contribution in [0.2, 0.25) is 0 Å². The monoisotopic (exact) mass is 380 g/mol. The van der Waals surface area contributed by atoms with E-state index in [9.17, 15) is 13.2 Å². The number of benzene rings is 1. The third kappa shape index (κ3) is 5.11. The number of sulfonamides is 1. The summed E-state index contributed by atoms with van der Waals surface area (Å²) in [6, 6.07) is 7.82. The number of carbonyl (C=O) groups is 1. The number of piperidine rings is 1. The molecule has 0 bridgehead atoms. The Kier molecular flexibility index (Phi) is 6.03. The van der Waals surface area contributed by atoms with Gasteiger partial charge in [-0.25, -0.2) is 17.9 Å². The van der Waals surface area contributed by atoms with Gasteiger partial charge in [-0.2, -0.15) is 0 Å². The standard InChI is InChI=1S/C18H28N4O3S/c1-26(24,25)19-13-15-7-6-12-22(14-15)18(23)20-16-8-2-3-9-17(16)21-10-4-5-11-21/h2-3,8-9,15,19H,4-7,10-14H2,1H3,(H,20,23)/t15-/m1/s1. The Balaban J connectivity index is 1.61. The van der Waals surface area contributed by atoms with Crippen LogP contribution in [-0.2, 0) is 10.0 Å². The Hall–Kier alpha value is -1.80. The van der Waals surface area contributed by atoms with Gasteiger partial charge in [0.15, 0.2) is 0 Å². The largest absolute Gasteiger partial charge is 0.370 e. The molecule has 7 nitrogen and oxygen atoms in total. The molecule has 2 aliphatic heterocycles. The van der Waals surface area contributed by atoms with Gasteiger partial charge in [-0.1, -0.05) is 12.1 Å². The number of carbonyl (C=O) groups excluding carboxylic acids is 1. The van der Waals surface area contributed by atoms with Crippen molar-refractivity contribution in [3.63, 3.8) is 0 Å². The van der Waals surface area contributed by atoms with E-state index in [2.05, 4.69) is 21.0 Å². The van der Waals surface area contributed by atoms with Crippen LogP contribution >= 0.6 is 0 Å². The smallest absolute Gasteiger partial charge is 0.321 e. The summed E-state index contributed by atoms with van der Waals surface area (Å²) in [5.74, 6) is 0.151. The molecule has 0 spiro atoms. The summed E-state index contributed by atoms with van der Waals surface area (Å²) >= 11 is 0. The molecule has 1 atom stereocenters. The Morgan fingerprint density at radius 2 is 1.88 bits per heavy atom. The molecular formula is C18H28N4O3S. The van der Waals surface area contributed by atoms with Gasteiger partial charge >= 0.3 is 6.03 Å². The fourth-order valence-corrected chi connectivity index (χ4v) is 4.23. The number of hydrogen-bond donors (Lipinski definition) is 2. The fraction of sp³-hybridized carbons (Fsp3) is 0.611. The van der Waals surface area contributed by atoms with Crippen LogP contribution < -0.4 is 14.9 Å². The second-order valence-electron chi connectivity index (χ2n) is 7.22. The second kappa shape index (κ2) is 8.26. The number of rotatable bonds is 5. The van der Waals surface area contributed by atoms with E-state index in [1.54, 1.807) is 4.90 Å². The second-order valence-corrected chi connectivity index (χ2v) is 9.05. The van der Waals surface area contributed by atoms with Gasteiger partial charge in [0.25, 0.3) is 0 Å². The van der Waals surface area contributed by atoms with Crippen molar-refractivity contribution in [2.75, 3.05) is 49.2 Å². The summed E-state index contributed by atoms with van der Waals surface area (Å²) in [6.07, 6.45) is 5.34. The van der Waals surface area contributed by atoms with Gasteiger partial charge in [-0.05, 0) is 43.7 Å². The van der Waals surface area contributed by atoms with Crippen molar-refractivity contribution < 1.29 is 13.2 Å². The Morgan fingerprint density at radius 3 is 2.62 bits per heavy atom. The number of amides is 2. The third-order valence-electron chi connectivity index (χ3n) is 5.03. The molecule has 2 amide bonds. The molecule has 0 radical (unpaired) electrons. The average molecular weight is 381 g/mol. The average Bonchev–Trinajstić information content (AvgIpc) is 3.14. The van der Waals surface area contributed by atoms with Crippen LogP contribution in [0.1, 0.15) is 25.7 Å². The zero-order valence-electron chi connectivity index (χ0n) is 15.3. The lowest BCUT2D eigenvalue weighted by atomic mass is 9.99. The van der Waals surface area contributed by atoms with E-state index in [1.165, 1.54) is 12.8 Å². The minimum absolute atomic E-state index is 0.110. The lowest BCUT2D eigenvalue weighted by Gasteiger charge is -2.33. The normalized spacial score (nSPS) is 21.0. The molecule has 3 rings (SSSR count). The molecule has 1 aromatic rings. The van der Waals surface area contributed by atoms with E-state index in [0.717, 1.165) is 43.6 Å². The molecule has 2 N–H and O–H groups in total. The highest BCUT2D eigenvalue weighted by Gasteiger charge is 2.25. The number of likely N-dealkylation sites (tertiary alicyclic amines) is 1. The summed E-state index contributed by atoms with van der Waals surface area (Å²) in [6.45, 7) is 3.70. The maximum atomic E-state index is 12.7. The summed E-state index contributed by atoms with van der Waals surface area (Å²) in [7, 11) is -3.20. The Labute approximate surface area is 155 Å². The van der Waals surface area contributed by atoms with Crippen LogP contribution in [-0.4, -0.2) is 58.3 Å². The molecule has 2 saturated heterocycles. The number of nitrogens with one attached hydrogen (secondary N) is 2. The van der Waals surface area contributed by atoms with Gasteiger partial charge in [0, 0.05) is 32.7 Å². The SMILES string of the molecule is CS(=O)(=O)NC[C@H]1CCCN(C(=O)Nc2ccccc2N2CCCC2)C1. The first-order valence-corrected chi connectivity index (χ1v) is 11.2. The summed E-state index contributed by atoms with van der Waals surface area (Å²) in [5, 5.41) is 3.06. The van der Waals surface area contributed by atoms with Gasteiger partial charge < -0.3 is 15.1 Å². The summed E-state index contributed by atoms with van der Waals surface area (Å²) < 4.78 is 25.1. The fourth-order valence-electron chi connectivity index (χ4n) is 3.69. The van der Waals surface area contributed by atoms with E-state index in [4.69, 9.17) is 0 Å². The van der Waals surface area contributed by atoms with Crippen molar-refractivity contribution in [3.8, 4) is 0 Å². The quantitative estimate of drug-likeness (QED) is 0.819. The van der Waals surface area contributed by atoms with Crippen molar-refractivity contribution in [2.24, 2.45) is 5.92 Å². The van der Waals surface area contributed by atoms with Crippen LogP contribution in [0.25, 0.3) is 0 Å². The van der Waals surface area contributed by atoms with E-state index in [-0.39, 0.29) is 11.9 Å². The molecule has 0 aliphatic carbocycles.